The van der Waals surface area contributed by atoms with E-state index in [1.54, 1.807) is 26.0 Å². The summed E-state index contributed by atoms with van der Waals surface area (Å²) in [6.45, 7) is 6.01. The molecule has 0 aromatic heterocycles. The van der Waals surface area contributed by atoms with Gasteiger partial charge in [0.2, 0.25) is 0 Å². The van der Waals surface area contributed by atoms with Gasteiger partial charge in [-0.3, -0.25) is 0 Å². The van der Waals surface area contributed by atoms with E-state index >= 15 is 0 Å². The number of benzene rings is 1. The minimum atomic E-state index is -1.03. The number of hydrogen-bond donors (Lipinski definition) is 2. The number of urea groups is 1. The Labute approximate surface area is 124 Å². The lowest BCUT2D eigenvalue weighted by molar-refractivity contribution is 0.0696. The molecule has 0 heterocycles. The van der Waals surface area contributed by atoms with Gasteiger partial charge in [0.15, 0.2) is 0 Å². The van der Waals surface area contributed by atoms with Crippen LogP contribution in [-0.2, 0) is 0 Å². The maximum absolute atomic E-state index is 12.2. The summed E-state index contributed by atoms with van der Waals surface area (Å²) >= 11 is 0. The minimum absolute atomic E-state index is 0.154. The van der Waals surface area contributed by atoms with Gasteiger partial charge in [-0.1, -0.05) is 6.07 Å². The lowest BCUT2D eigenvalue weighted by Gasteiger charge is -2.23. The number of nitrogens with zero attached hydrogens (tertiary/aromatic N) is 2. The lowest BCUT2D eigenvalue weighted by atomic mass is 10.1. The fourth-order valence-electron chi connectivity index (χ4n) is 1.92. The van der Waals surface area contributed by atoms with E-state index in [9.17, 15) is 9.59 Å². The second-order valence-corrected chi connectivity index (χ2v) is 4.78. The van der Waals surface area contributed by atoms with Crippen molar-refractivity contribution in [3.8, 4) is 6.07 Å². The third-order valence-corrected chi connectivity index (χ3v) is 3.19. The van der Waals surface area contributed by atoms with E-state index in [1.165, 1.54) is 11.0 Å². The largest absolute Gasteiger partial charge is 0.478 e. The number of anilines is 1. The van der Waals surface area contributed by atoms with Crippen LogP contribution in [0.15, 0.2) is 18.2 Å². The quantitative estimate of drug-likeness (QED) is 0.871. The third-order valence-electron chi connectivity index (χ3n) is 3.19. The van der Waals surface area contributed by atoms with Crippen LogP contribution in [0.5, 0.6) is 0 Å². The smallest absolute Gasteiger partial charge is 0.336 e. The topological polar surface area (TPSA) is 93.4 Å². The second-order valence-electron chi connectivity index (χ2n) is 4.78. The number of amides is 2. The molecule has 1 rings (SSSR count). The van der Waals surface area contributed by atoms with Gasteiger partial charge in [0, 0.05) is 18.8 Å². The Hall–Kier alpha value is -2.55. The molecule has 0 radical (unpaired) electrons. The number of carbonyl (C=O) groups is 2. The SMILES string of the molecule is CCN(CC(C)C#N)C(=O)Nc1cccc(C(=O)O)c1C. The molecule has 21 heavy (non-hydrogen) atoms. The van der Waals surface area contributed by atoms with Crippen molar-refractivity contribution in [3.63, 3.8) is 0 Å². The van der Waals surface area contributed by atoms with Gasteiger partial charge >= 0.3 is 12.0 Å². The number of carboxylic acids is 1. The number of hydrogen-bond acceptors (Lipinski definition) is 3. The molecule has 0 spiro atoms. The van der Waals surface area contributed by atoms with Gasteiger partial charge in [-0.25, -0.2) is 9.59 Å². The summed E-state index contributed by atoms with van der Waals surface area (Å²) in [6, 6.07) is 6.47. The highest BCUT2D eigenvalue weighted by molar-refractivity contribution is 5.95. The van der Waals surface area contributed by atoms with Crippen LogP contribution in [0.3, 0.4) is 0 Å². The molecule has 1 atom stereocenters. The van der Waals surface area contributed by atoms with Crippen LogP contribution >= 0.6 is 0 Å². The van der Waals surface area contributed by atoms with E-state index < -0.39 is 5.97 Å². The first-order valence-electron chi connectivity index (χ1n) is 6.69. The predicted octanol–water partition coefficient (Wildman–Crippen LogP) is 2.71. The minimum Gasteiger partial charge on any atom is -0.478 e. The average Bonchev–Trinajstić information content (AvgIpc) is 2.46. The van der Waals surface area contributed by atoms with Gasteiger partial charge < -0.3 is 15.3 Å². The van der Waals surface area contributed by atoms with Gasteiger partial charge in [0.1, 0.15) is 0 Å². The van der Waals surface area contributed by atoms with E-state index in [-0.39, 0.29) is 17.5 Å². The van der Waals surface area contributed by atoms with E-state index in [0.717, 1.165) is 0 Å². The van der Waals surface area contributed by atoms with Crippen LogP contribution in [0.25, 0.3) is 0 Å². The van der Waals surface area contributed by atoms with E-state index in [0.29, 0.717) is 24.3 Å². The van der Waals surface area contributed by atoms with Crippen LogP contribution < -0.4 is 5.32 Å². The summed E-state index contributed by atoms with van der Waals surface area (Å²) in [7, 11) is 0. The first kappa shape index (κ1) is 16.5. The summed E-state index contributed by atoms with van der Waals surface area (Å²) < 4.78 is 0. The van der Waals surface area contributed by atoms with Gasteiger partial charge in [-0.2, -0.15) is 5.26 Å². The maximum Gasteiger partial charge on any atom is 0.336 e. The Kier molecular flexibility index (Phi) is 5.73. The molecule has 6 heteroatoms. The summed E-state index contributed by atoms with van der Waals surface area (Å²) in [6.07, 6.45) is 0. The number of rotatable bonds is 5. The molecule has 0 bridgehead atoms. The molecule has 0 saturated carbocycles. The van der Waals surface area contributed by atoms with E-state index in [1.807, 2.05) is 6.92 Å². The summed E-state index contributed by atoms with van der Waals surface area (Å²) in [4.78, 5) is 24.8. The zero-order valence-corrected chi connectivity index (χ0v) is 12.4. The molecular weight excluding hydrogens is 270 g/mol. The normalized spacial score (nSPS) is 11.3. The maximum atomic E-state index is 12.2. The fourth-order valence-corrected chi connectivity index (χ4v) is 1.92. The fraction of sp³-hybridized carbons (Fsp3) is 0.400. The van der Waals surface area contributed by atoms with Crippen molar-refractivity contribution in [2.24, 2.45) is 5.92 Å². The van der Waals surface area contributed by atoms with Crippen molar-refractivity contribution >= 4 is 17.7 Å². The standard InChI is InChI=1S/C15H19N3O3/c1-4-18(9-10(2)8-16)15(21)17-13-7-5-6-12(11(13)3)14(19)20/h5-7,10H,4,9H2,1-3H3,(H,17,21)(H,19,20). The summed E-state index contributed by atoms with van der Waals surface area (Å²) in [5.74, 6) is -1.30. The van der Waals surface area contributed by atoms with Crippen LogP contribution in [0.1, 0.15) is 29.8 Å². The lowest BCUT2D eigenvalue weighted by Crippen LogP contribution is -2.37. The van der Waals surface area contributed by atoms with Gasteiger partial charge in [0.05, 0.1) is 17.6 Å². The van der Waals surface area contributed by atoms with Gasteiger partial charge in [0.25, 0.3) is 0 Å². The van der Waals surface area contributed by atoms with Gasteiger partial charge in [-0.15, -0.1) is 0 Å². The molecule has 0 fully saturated rings. The molecule has 0 saturated heterocycles. The van der Waals surface area contributed by atoms with Crippen LogP contribution in [0.2, 0.25) is 0 Å². The monoisotopic (exact) mass is 289 g/mol. The summed E-state index contributed by atoms with van der Waals surface area (Å²) in [5, 5.41) is 20.6. The zero-order chi connectivity index (χ0) is 16.0. The number of nitrogens with one attached hydrogen (secondary N) is 1. The van der Waals surface area contributed by atoms with Crippen LogP contribution in [0.4, 0.5) is 10.5 Å². The van der Waals surface area contributed by atoms with Crippen LogP contribution in [0, 0.1) is 24.2 Å². The third kappa shape index (κ3) is 4.21. The molecule has 1 aromatic rings. The predicted molar refractivity (Wildman–Crippen MR) is 79.2 cm³/mol. The molecule has 1 unspecified atom stereocenters. The molecule has 0 aliphatic heterocycles. The average molecular weight is 289 g/mol. The first-order valence-corrected chi connectivity index (χ1v) is 6.69. The van der Waals surface area contributed by atoms with Gasteiger partial charge in [-0.05, 0) is 38.5 Å². The Morgan fingerprint density at radius 2 is 2.14 bits per heavy atom. The van der Waals surface area contributed by atoms with Crippen molar-refractivity contribution in [2.75, 3.05) is 18.4 Å². The molecule has 1 aromatic carbocycles. The van der Waals surface area contributed by atoms with Crippen molar-refractivity contribution in [1.82, 2.24) is 4.90 Å². The first-order chi connectivity index (χ1) is 9.90. The number of carbonyl (C=O) groups excluding carboxylic acids is 1. The van der Waals surface area contributed by atoms with Crippen molar-refractivity contribution in [2.45, 2.75) is 20.8 Å². The van der Waals surface area contributed by atoms with E-state index in [4.69, 9.17) is 10.4 Å². The number of nitriles is 1. The molecule has 6 nitrogen and oxygen atoms in total. The molecule has 2 N–H and O–H groups in total. The molecular formula is C15H19N3O3. The Bertz CT molecular complexity index is 578. The van der Waals surface area contributed by atoms with Crippen molar-refractivity contribution in [1.29, 1.82) is 5.26 Å². The van der Waals surface area contributed by atoms with Crippen molar-refractivity contribution < 1.29 is 14.7 Å². The number of aromatic carboxylic acids is 1. The highest BCUT2D eigenvalue weighted by Crippen LogP contribution is 2.19. The molecule has 0 aliphatic rings. The van der Waals surface area contributed by atoms with Crippen molar-refractivity contribution in [3.05, 3.63) is 29.3 Å². The highest BCUT2D eigenvalue weighted by atomic mass is 16.4. The molecule has 0 aliphatic carbocycles. The Morgan fingerprint density at radius 1 is 1.48 bits per heavy atom. The Morgan fingerprint density at radius 3 is 2.67 bits per heavy atom. The van der Waals surface area contributed by atoms with Crippen LogP contribution in [-0.4, -0.2) is 35.1 Å². The Balaban J connectivity index is 2.90. The number of carboxylic acid groups (broad SMARTS) is 1. The molecule has 112 valence electrons. The zero-order valence-electron chi connectivity index (χ0n) is 12.4. The van der Waals surface area contributed by atoms with E-state index in [2.05, 4.69) is 11.4 Å². The second kappa shape index (κ2) is 7.29. The summed E-state index contributed by atoms with van der Waals surface area (Å²) in [5.41, 5.74) is 1.12. The molecule has 2 amide bonds. The highest BCUT2D eigenvalue weighted by Gasteiger charge is 2.17.